The van der Waals surface area contributed by atoms with Crippen molar-refractivity contribution in [3.05, 3.63) is 72.8 Å². The van der Waals surface area contributed by atoms with Gasteiger partial charge in [-0.15, -0.1) is 24.8 Å². The maximum atomic E-state index is 5.97. The molecule has 0 aliphatic carbocycles. The molecular weight excluding hydrogens is 347 g/mol. The van der Waals surface area contributed by atoms with Crippen LogP contribution < -0.4 is 20.9 Å². The average Bonchev–Trinajstić information content (AvgIpc) is 2.54. The third-order valence-electron chi connectivity index (χ3n) is 3.08. The van der Waals surface area contributed by atoms with Crippen LogP contribution >= 0.6 is 24.8 Å². The number of anilines is 2. The van der Waals surface area contributed by atoms with Crippen LogP contribution in [-0.2, 0) is 0 Å². The molecule has 0 saturated heterocycles. The molecule has 0 spiro atoms. The minimum Gasteiger partial charge on any atom is -0.455 e. The lowest BCUT2D eigenvalue weighted by molar-refractivity contribution is 0.463. The summed E-state index contributed by atoms with van der Waals surface area (Å²) in [6.07, 6.45) is 0. The largest absolute Gasteiger partial charge is 0.455 e. The number of hydrogen-bond donors (Lipinski definition) is 2. The first-order valence-electron chi connectivity index (χ1n) is 6.87. The summed E-state index contributed by atoms with van der Waals surface area (Å²) in [4.78, 5) is 0. The average molecular weight is 365 g/mol. The van der Waals surface area contributed by atoms with E-state index in [9.17, 15) is 0 Å². The van der Waals surface area contributed by atoms with Gasteiger partial charge in [-0.05, 0) is 30.3 Å². The fourth-order valence-corrected chi connectivity index (χ4v) is 2.00. The number of benzene rings is 3. The van der Waals surface area contributed by atoms with Crippen LogP contribution in [-0.4, -0.2) is 0 Å². The summed E-state index contributed by atoms with van der Waals surface area (Å²) in [5, 5.41) is 0. The Balaban J connectivity index is 0.00000144. The molecule has 3 aromatic carbocycles. The Hall–Kier alpha value is -2.56. The van der Waals surface area contributed by atoms with E-state index in [2.05, 4.69) is 0 Å². The van der Waals surface area contributed by atoms with Gasteiger partial charge in [0.2, 0.25) is 0 Å². The normalized spacial score (nSPS) is 9.33. The second-order valence-corrected chi connectivity index (χ2v) is 4.76. The first-order chi connectivity index (χ1) is 10.7. The van der Waals surface area contributed by atoms with Crippen LogP contribution in [0.25, 0.3) is 0 Å². The van der Waals surface area contributed by atoms with Crippen molar-refractivity contribution in [2.75, 3.05) is 11.5 Å². The molecule has 0 bridgehead atoms. The number of nitrogens with two attached hydrogens (primary N) is 2. The quantitative estimate of drug-likeness (QED) is 0.617. The first kappa shape index (κ1) is 19.5. The summed E-state index contributed by atoms with van der Waals surface area (Å²) in [5.41, 5.74) is 12.9. The molecule has 0 heterocycles. The van der Waals surface area contributed by atoms with E-state index in [4.69, 9.17) is 20.9 Å². The summed E-state index contributed by atoms with van der Waals surface area (Å²) < 4.78 is 11.6. The molecule has 0 radical (unpaired) electrons. The van der Waals surface area contributed by atoms with E-state index in [1.54, 1.807) is 12.1 Å². The van der Waals surface area contributed by atoms with Crippen molar-refractivity contribution in [3.63, 3.8) is 0 Å². The van der Waals surface area contributed by atoms with Crippen molar-refractivity contribution in [1.29, 1.82) is 0 Å². The standard InChI is InChI=1S/C18H16N2O2.2ClH/c19-15-11-16(20)18(22-14-9-5-2-6-10-14)12-17(15)21-13-7-3-1-4-8-13;;/h1-12H,19-20H2;2*1H. The van der Waals surface area contributed by atoms with E-state index in [0.29, 0.717) is 34.4 Å². The molecule has 0 fully saturated rings. The molecule has 24 heavy (non-hydrogen) atoms. The predicted octanol–water partition coefficient (Wildman–Crippen LogP) is 5.28. The van der Waals surface area contributed by atoms with E-state index in [0.717, 1.165) is 0 Å². The summed E-state index contributed by atoms with van der Waals surface area (Å²) in [6.45, 7) is 0. The molecule has 0 aliphatic rings. The van der Waals surface area contributed by atoms with Gasteiger partial charge in [-0.25, -0.2) is 0 Å². The highest BCUT2D eigenvalue weighted by atomic mass is 35.5. The number of hydrogen-bond acceptors (Lipinski definition) is 4. The van der Waals surface area contributed by atoms with Crippen molar-refractivity contribution >= 4 is 36.2 Å². The van der Waals surface area contributed by atoms with Gasteiger partial charge >= 0.3 is 0 Å². The van der Waals surface area contributed by atoms with Crippen molar-refractivity contribution in [2.24, 2.45) is 0 Å². The van der Waals surface area contributed by atoms with Gasteiger partial charge in [-0.3, -0.25) is 0 Å². The number of nitrogen functional groups attached to an aromatic ring is 2. The van der Waals surface area contributed by atoms with Crippen LogP contribution in [0, 0.1) is 0 Å². The zero-order valence-corrected chi connectivity index (χ0v) is 14.3. The summed E-state index contributed by atoms with van der Waals surface area (Å²) in [7, 11) is 0. The van der Waals surface area contributed by atoms with Crippen molar-refractivity contribution < 1.29 is 9.47 Å². The molecule has 0 aromatic heterocycles. The van der Waals surface area contributed by atoms with Gasteiger partial charge < -0.3 is 20.9 Å². The second kappa shape index (κ2) is 8.91. The Labute approximate surface area is 153 Å². The van der Waals surface area contributed by atoms with Gasteiger partial charge in [0.05, 0.1) is 11.4 Å². The monoisotopic (exact) mass is 364 g/mol. The second-order valence-electron chi connectivity index (χ2n) is 4.76. The van der Waals surface area contributed by atoms with Crippen LogP contribution in [0.4, 0.5) is 11.4 Å². The van der Waals surface area contributed by atoms with Crippen molar-refractivity contribution in [1.82, 2.24) is 0 Å². The van der Waals surface area contributed by atoms with Crippen LogP contribution in [0.5, 0.6) is 23.0 Å². The molecule has 4 nitrogen and oxygen atoms in total. The molecule has 126 valence electrons. The van der Waals surface area contributed by atoms with E-state index in [-0.39, 0.29) is 24.8 Å². The lowest BCUT2D eigenvalue weighted by Gasteiger charge is -2.13. The van der Waals surface area contributed by atoms with Crippen molar-refractivity contribution in [3.8, 4) is 23.0 Å². The first-order valence-corrected chi connectivity index (χ1v) is 6.87. The SMILES string of the molecule is Cl.Cl.Nc1cc(N)c(Oc2ccccc2)cc1Oc1ccccc1. The van der Waals surface area contributed by atoms with E-state index in [1.807, 2.05) is 60.7 Å². The summed E-state index contributed by atoms with van der Waals surface area (Å²) >= 11 is 0. The van der Waals surface area contributed by atoms with Crippen LogP contribution in [0.3, 0.4) is 0 Å². The fraction of sp³-hybridized carbons (Fsp3) is 0. The van der Waals surface area contributed by atoms with E-state index < -0.39 is 0 Å². The lowest BCUT2D eigenvalue weighted by atomic mass is 10.2. The third kappa shape index (κ3) is 4.72. The topological polar surface area (TPSA) is 70.5 Å². The van der Waals surface area contributed by atoms with Gasteiger partial charge in [0.1, 0.15) is 11.5 Å². The number of halogens is 2. The van der Waals surface area contributed by atoms with Crippen LogP contribution in [0.2, 0.25) is 0 Å². The Morgan fingerprint density at radius 3 is 1.29 bits per heavy atom. The maximum absolute atomic E-state index is 5.97. The summed E-state index contributed by atoms with van der Waals surface area (Å²) in [6, 6.07) is 22.2. The predicted molar refractivity (Wildman–Crippen MR) is 103 cm³/mol. The number of rotatable bonds is 4. The smallest absolute Gasteiger partial charge is 0.154 e. The Morgan fingerprint density at radius 2 is 0.917 bits per heavy atom. The zero-order chi connectivity index (χ0) is 15.4. The Bertz CT molecular complexity index is 706. The van der Waals surface area contributed by atoms with Gasteiger partial charge in [-0.1, -0.05) is 36.4 Å². The number of ether oxygens (including phenoxy) is 2. The third-order valence-corrected chi connectivity index (χ3v) is 3.08. The molecular formula is C18H18Cl2N2O2. The molecule has 0 amide bonds. The van der Waals surface area contributed by atoms with Crippen molar-refractivity contribution in [2.45, 2.75) is 0 Å². The molecule has 0 atom stereocenters. The maximum Gasteiger partial charge on any atom is 0.154 e. The molecule has 3 aromatic rings. The zero-order valence-electron chi connectivity index (χ0n) is 12.7. The van der Waals surface area contributed by atoms with E-state index in [1.165, 1.54) is 0 Å². The van der Waals surface area contributed by atoms with E-state index >= 15 is 0 Å². The molecule has 0 aliphatic heterocycles. The molecule has 6 heteroatoms. The van der Waals surface area contributed by atoms with Crippen LogP contribution in [0.1, 0.15) is 0 Å². The fourth-order valence-electron chi connectivity index (χ4n) is 2.00. The van der Waals surface area contributed by atoms with Gasteiger partial charge in [0, 0.05) is 6.07 Å². The Kier molecular flexibility index (Phi) is 7.24. The molecule has 3 rings (SSSR count). The lowest BCUT2D eigenvalue weighted by Crippen LogP contribution is -1.98. The molecule has 0 unspecified atom stereocenters. The van der Waals surface area contributed by atoms with Gasteiger partial charge in [0.15, 0.2) is 11.5 Å². The minimum absolute atomic E-state index is 0. The van der Waals surface area contributed by atoms with Gasteiger partial charge in [-0.2, -0.15) is 0 Å². The minimum atomic E-state index is 0. The summed E-state index contributed by atoms with van der Waals surface area (Å²) in [5.74, 6) is 2.41. The highest BCUT2D eigenvalue weighted by molar-refractivity contribution is 5.85. The highest BCUT2D eigenvalue weighted by Crippen LogP contribution is 2.37. The number of para-hydroxylation sites is 2. The Morgan fingerprint density at radius 1 is 0.542 bits per heavy atom. The molecule has 0 saturated carbocycles. The highest BCUT2D eigenvalue weighted by Gasteiger charge is 2.10. The van der Waals surface area contributed by atoms with Crippen LogP contribution in [0.15, 0.2) is 72.8 Å². The van der Waals surface area contributed by atoms with Gasteiger partial charge in [0.25, 0.3) is 0 Å². The molecule has 4 N–H and O–H groups in total.